The quantitative estimate of drug-likeness (QED) is 0.693. The van der Waals surface area contributed by atoms with Crippen LogP contribution in [-0.2, 0) is 14.3 Å². The number of hydrogen-bond acceptors (Lipinski definition) is 4. The molecule has 0 radical (unpaired) electrons. The number of rotatable bonds is 5. The van der Waals surface area contributed by atoms with E-state index < -0.39 is 11.5 Å². The summed E-state index contributed by atoms with van der Waals surface area (Å²) in [7, 11) is 1.55. The molecule has 1 fully saturated rings. The number of carboxylic acid groups (broad SMARTS) is 1. The van der Waals surface area contributed by atoms with Crippen LogP contribution in [0.1, 0.15) is 19.8 Å². The molecule has 17 heavy (non-hydrogen) atoms. The molecule has 0 aromatic rings. The molecule has 1 unspecified atom stereocenters. The minimum absolute atomic E-state index is 0.0213. The fraction of sp³-hybridized carbons (Fsp3) is 0.818. The molecule has 1 saturated heterocycles. The number of ether oxygens (including phenoxy) is 1. The molecule has 1 aliphatic heterocycles. The molecular formula is C11H20N2O4. The average molecular weight is 244 g/mol. The predicted octanol–water partition coefficient (Wildman–Crippen LogP) is -0.312. The van der Waals surface area contributed by atoms with E-state index in [1.165, 1.54) is 0 Å². The van der Waals surface area contributed by atoms with Crippen LogP contribution in [0.3, 0.4) is 0 Å². The molecule has 1 rings (SSSR count). The summed E-state index contributed by atoms with van der Waals surface area (Å²) in [5.74, 6) is -0.893. The lowest BCUT2D eigenvalue weighted by atomic mass is 9.95. The highest BCUT2D eigenvalue weighted by Gasteiger charge is 2.39. The molecular weight excluding hydrogens is 224 g/mol. The van der Waals surface area contributed by atoms with Gasteiger partial charge in [0.1, 0.15) is 5.54 Å². The highest BCUT2D eigenvalue weighted by molar-refractivity contribution is 5.79. The number of methoxy groups -OCH3 is 1. The molecule has 1 heterocycles. The van der Waals surface area contributed by atoms with E-state index >= 15 is 0 Å². The van der Waals surface area contributed by atoms with Gasteiger partial charge in [0.15, 0.2) is 0 Å². The average Bonchev–Trinajstić information content (AvgIpc) is 2.51. The fourth-order valence-corrected chi connectivity index (χ4v) is 1.96. The Morgan fingerprint density at radius 3 is 2.88 bits per heavy atom. The third kappa shape index (κ3) is 3.41. The van der Waals surface area contributed by atoms with Crippen molar-refractivity contribution in [3.8, 4) is 0 Å². The van der Waals surface area contributed by atoms with Gasteiger partial charge in [-0.2, -0.15) is 0 Å². The van der Waals surface area contributed by atoms with E-state index in [1.807, 2.05) is 4.90 Å². The Hall–Kier alpha value is -1.14. The van der Waals surface area contributed by atoms with Gasteiger partial charge in [0.25, 0.3) is 0 Å². The van der Waals surface area contributed by atoms with Gasteiger partial charge in [0.05, 0.1) is 0 Å². The first-order valence-corrected chi connectivity index (χ1v) is 5.75. The standard InChI is InChI=1S/C11H20N2O4/c1-11(10(15)16,4-8-17-2)13-6-3-9(14)12-5-7-13/h3-8H2,1-2H3,(H,12,14)(H,15,16). The van der Waals surface area contributed by atoms with Gasteiger partial charge in [0.2, 0.25) is 5.91 Å². The molecule has 1 aliphatic rings. The summed E-state index contributed by atoms with van der Waals surface area (Å²) < 4.78 is 4.96. The third-order valence-electron chi connectivity index (χ3n) is 3.26. The third-order valence-corrected chi connectivity index (χ3v) is 3.26. The Balaban J connectivity index is 2.74. The summed E-state index contributed by atoms with van der Waals surface area (Å²) in [4.78, 5) is 24.5. The first-order chi connectivity index (χ1) is 8.00. The lowest BCUT2D eigenvalue weighted by Crippen LogP contribution is -2.54. The number of nitrogens with one attached hydrogen (secondary N) is 1. The van der Waals surface area contributed by atoms with Crippen LogP contribution in [0.25, 0.3) is 0 Å². The molecule has 0 aromatic heterocycles. The zero-order chi connectivity index (χ0) is 12.9. The van der Waals surface area contributed by atoms with Gasteiger partial charge in [-0.15, -0.1) is 0 Å². The molecule has 1 atom stereocenters. The molecule has 0 saturated carbocycles. The van der Waals surface area contributed by atoms with E-state index in [0.29, 0.717) is 39.1 Å². The van der Waals surface area contributed by atoms with Crippen LogP contribution in [0.2, 0.25) is 0 Å². The number of carboxylic acids is 1. The number of hydrogen-bond donors (Lipinski definition) is 2. The molecule has 0 bridgehead atoms. The number of aliphatic carboxylic acids is 1. The van der Waals surface area contributed by atoms with Crippen molar-refractivity contribution in [1.82, 2.24) is 10.2 Å². The molecule has 6 heteroatoms. The topological polar surface area (TPSA) is 78.9 Å². The van der Waals surface area contributed by atoms with Crippen molar-refractivity contribution in [2.75, 3.05) is 33.4 Å². The van der Waals surface area contributed by atoms with E-state index in [-0.39, 0.29) is 5.91 Å². The number of nitrogens with zero attached hydrogens (tertiary/aromatic N) is 1. The van der Waals surface area contributed by atoms with Crippen molar-refractivity contribution in [1.29, 1.82) is 0 Å². The van der Waals surface area contributed by atoms with Gasteiger partial charge >= 0.3 is 5.97 Å². The van der Waals surface area contributed by atoms with E-state index in [1.54, 1.807) is 14.0 Å². The van der Waals surface area contributed by atoms with Crippen LogP contribution in [0, 0.1) is 0 Å². The van der Waals surface area contributed by atoms with Gasteiger partial charge in [-0.05, 0) is 13.3 Å². The Kier molecular flexibility index (Phi) is 4.89. The van der Waals surface area contributed by atoms with Crippen LogP contribution in [0.5, 0.6) is 0 Å². The minimum atomic E-state index is -0.970. The summed E-state index contributed by atoms with van der Waals surface area (Å²) in [6.07, 6.45) is 0.753. The maximum Gasteiger partial charge on any atom is 0.323 e. The molecule has 2 N–H and O–H groups in total. The molecule has 1 amide bonds. The van der Waals surface area contributed by atoms with Crippen molar-refractivity contribution in [3.05, 3.63) is 0 Å². The maximum atomic E-state index is 11.4. The highest BCUT2D eigenvalue weighted by atomic mass is 16.5. The predicted molar refractivity (Wildman–Crippen MR) is 61.7 cm³/mol. The molecule has 6 nitrogen and oxygen atoms in total. The maximum absolute atomic E-state index is 11.4. The summed E-state index contributed by atoms with van der Waals surface area (Å²) in [5, 5.41) is 12.1. The first-order valence-electron chi connectivity index (χ1n) is 5.75. The zero-order valence-corrected chi connectivity index (χ0v) is 10.4. The Morgan fingerprint density at radius 2 is 2.29 bits per heavy atom. The van der Waals surface area contributed by atoms with Gasteiger partial charge in [-0.3, -0.25) is 14.5 Å². The van der Waals surface area contributed by atoms with Crippen LogP contribution in [0.15, 0.2) is 0 Å². The van der Waals surface area contributed by atoms with Gasteiger partial charge in [-0.1, -0.05) is 0 Å². The van der Waals surface area contributed by atoms with Gasteiger partial charge in [0, 0.05) is 39.8 Å². The lowest BCUT2D eigenvalue weighted by Gasteiger charge is -2.36. The Bertz CT molecular complexity index is 295. The SMILES string of the molecule is COCCC(C)(C(=O)O)N1CCNC(=O)CC1. The van der Waals surface area contributed by atoms with E-state index in [4.69, 9.17) is 4.74 Å². The number of carbonyl (C=O) groups is 2. The second-order valence-corrected chi connectivity index (χ2v) is 4.41. The van der Waals surface area contributed by atoms with Crippen LogP contribution in [0.4, 0.5) is 0 Å². The Morgan fingerprint density at radius 1 is 1.59 bits per heavy atom. The van der Waals surface area contributed by atoms with Crippen molar-refractivity contribution >= 4 is 11.9 Å². The van der Waals surface area contributed by atoms with Crippen molar-refractivity contribution < 1.29 is 19.4 Å². The van der Waals surface area contributed by atoms with E-state index in [9.17, 15) is 14.7 Å². The lowest BCUT2D eigenvalue weighted by molar-refractivity contribution is -0.152. The number of carbonyl (C=O) groups excluding carboxylic acids is 1. The second kappa shape index (κ2) is 5.97. The summed E-state index contributed by atoms with van der Waals surface area (Å²) in [5.41, 5.74) is -0.970. The van der Waals surface area contributed by atoms with Gasteiger partial charge in [-0.25, -0.2) is 0 Å². The van der Waals surface area contributed by atoms with Crippen molar-refractivity contribution in [3.63, 3.8) is 0 Å². The smallest absolute Gasteiger partial charge is 0.323 e. The monoisotopic (exact) mass is 244 g/mol. The van der Waals surface area contributed by atoms with Gasteiger partial charge < -0.3 is 15.2 Å². The Labute approximate surface area is 101 Å². The zero-order valence-electron chi connectivity index (χ0n) is 10.4. The van der Waals surface area contributed by atoms with Crippen LogP contribution >= 0.6 is 0 Å². The normalized spacial score (nSPS) is 21.4. The summed E-state index contributed by atoms with van der Waals surface area (Å²) in [6, 6.07) is 0. The fourth-order valence-electron chi connectivity index (χ4n) is 1.96. The van der Waals surface area contributed by atoms with Crippen molar-refractivity contribution in [2.45, 2.75) is 25.3 Å². The largest absolute Gasteiger partial charge is 0.480 e. The molecule has 0 aromatic carbocycles. The minimum Gasteiger partial charge on any atom is -0.480 e. The van der Waals surface area contributed by atoms with Crippen LogP contribution < -0.4 is 5.32 Å². The van der Waals surface area contributed by atoms with Crippen LogP contribution in [-0.4, -0.2) is 60.8 Å². The summed E-state index contributed by atoms with van der Waals surface area (Å²) >= 11 is 0. The number of amides is 1. The summed E-state index contributed by atoms with van der Waals surface area (Å²) in [6.45, 7) is 3.59. The highest BCUT2D eigenvalue weighted by Crippen LogP contribution is 2.21. The van der Waals surface area contributed by atoms with Crippen molar-refractivity contribution in [2.24, 2.45) is 0 Å². The molecule has 0 aliphatic carbocycles. The first kappa shape index (κ1) is 13.9. The second-order valence-electron chi connectivity index (χ2n) is 4.41. The van der Waals surface area contributed by atoms with E-state index in [0.717, 1.165) is 0 Å². The molecule has 98 valence electrons. The molecule has 0 spiro atoms. The van der Waals surface area contributed by atoms with E-state index in [2.05, 4.69) is 5.32 Å².